The van der Waals surface area contributed by atoms with Gasteiger partial charge in [0.1, 0.15) is 11.4 Å². The quantitative estimate of drug-likeness (QED) is 0.631. The number of hydrogen-bond donors (Lipinski definition) is 0. The molecule has 130 valence electrons. The number of nitro benzene ring substituents is 1. The SMILES string of the molecule is COc1ccc(C(=O)N2CCN(c3ccccc3[N+](=O)[O-])CC2)cc1. The Kier molecular flexibility index (Phi) is 4.83. The zero-order valence-electron chi connectivity index (χ0n) is 13.9. The number of hydrogen-bond acceptors (Lipinski definition) is 5. The second-order valence-corrected chi connectivity index (χ2v) is 5.75. The normalized spacial score (nSPS) is 14.3. The summed E-state index contributed by atoms with van der Waals surface area (Å²) in [6, 6.07) is 13.7. The first-order valence-corrected chi connectivity index (χ1v) is 8.02. The number of nitrogens with zero attached hydrogens (tertiary/aromatic N) is 3. The summed E-state index contributed by atoms with van der Waals surface area (Å²) in [5.41, 5.74) is 1.31. The number of anilines is 1. The molecule has 1 heterocycles. The third-order valence-corrected chi connectivity index (χ3v) is 4.32. The molecule has 7 nitrogen and oxygen atoms in total. The minimum absolute atomic E-state index is 0.0372. The number of carbonyl (C=O) groups excluding carboxylic acids is 1. The first-order valence-electron chi connectivity index (χ1n) is 8.02. The molecule has 25 heavy (non-hydrogen) atoms. The smallest absolute Gasteiger partial charge is 0.292 e. The molecule has 1 aliphatic rings. The molecular weight excluding hydrogens is 322 g/mol. The molecule has 2 aromatic rings. The Bertz CT molecular complexity index is 768. The summed E-state index contributed by atoms with van der Waals surface area (Å²) in [6.07, 6.45) is 0. The third-order valence-electron chi connectivity index (χ3n) is 4.32. The largest absolute Gasteiger partial charge is 0.497 e. The number of rotatable bonds is 4. The first-order chi connectivity index (χ1) is 12.1. The number of piperazine rings is 1. The fraction of sp³-hybridized carbons (Fsp3) is 0.278. The van der Waals surface area contributed by atoms with Gasteiger partial charge in [-0.05, 0) is 30.3 Å². The van der Waals surface area contributed by atoms with Gasteiger partial charge in [0.15, 0.2) is 0 Å². The number of para-hydroxylation sites is 2. The van der Waals surface area contributed by atoms with Gasteiger partial charge in [0, 0.05) is 37.8 Å². The van der Waals surface area contributed by atoms with E-state index in [1.165, 1.54) is 6.07 Å². The molecule has 7 heteroatoms. The summed E-state index contributed by atoms with van der Waals surface area (Å²) in [4.78, 5) is 27.1. The third kappa shape index (κ3) is 3.55. The fourth-order valence-electron chi connectivity index (χ4n) is 2.95. The van der Waals surface area contributed by atoms with Gasteiger partial charge in [0.05, 0.1) is 12.0 Å². The van der Waals surface area contributed by atoms with Gasteiger partial charge in [0.2, 0.25) is 0 Å². The van der Waals surface area contributed by atoms with Crippen LogP contribution in [-0.2, 0) is 0 Å². The van der Waals surface area contributed by atoms with E-state index in [2.05, 4.69) is 0 Å². The summed E-state index contributed by atoms with van der Waals surface area (Å²) >= 11 is 0. The van der Waals surface area contributed by atoms with E-state index < -0.39 is 0 Å². The molecule has 1 fully saturated rings. The lowest BCUT2D eigenvalue weighted by Gasteiger charge is -2.35. The van der Waals surface area contributed by atoms with Crippen molar-refractivity contribution >= 4 is 17.3 Å². The Morgan fingerprint density at radius 3 is 2.28 bits per heavy atom. The van der Waals surface area contributed by atoms with Crippen LogP contribution >= 0.6 is 0 Å². The van der Waals surface area contributed by atoms with Crippen molar-refractivity contribution in [3.8, 4) is 5.75 Å². The number of carbonyl (C=O) groups is 1. The van der Waals surface area contributed by atoms with Crippen molar-refractivity contribution in [1.29, 1.82) is 0 Å². The van der Waals surface area contributed by atoms with Crippen LogP contribution in [-0.4, -0.2) is 49.0 Å². The molecule has 0 radical (unpaired) electrons. The van der Waals surface area contributed by atoms with E-state index in [1.54, 1.807) is 54.5 Å². The summed E-state index contributed by atoms with van der Waals surface area (Å²) in [5.74, 6) is 0.669. The van der Waals surface area contributed by atoms with E-state index in [0.29, 0.717) is 43.2 Å². The number of ether oxygens (including phenoxy) is 1. The van der Waals surface area contributed by atoms with Crippen LogP contribution < -0.4 is 9.64 Å². The second-order valence-electron chi connectivity index (χ2n) is 5.75. The Hall–Kier alpha value is -3.09. The fourth-order valence-corrected chi connectivity index (χ4v) is 2.95. The van der Waals surface area contributed by atoms with Crippen molar-refractivity contribution in [2.45, 2.75) is 0 Å². The molecule has 0 aromatic heterocycles. The maximum atomic E-state index is 12.6. The van der Waals surface area contributed by atoms with Gasteiger partial charge >= 0.3 is 0 Å². The average Bonchev–Trinajstić information content (AvgIpc) is 2.67. The van der Waals surface area contributed by atoms with Gasteiger partial charge in [-0.15, -0.1) is 0 Å². The van der Waals surface area contributed by atoms with Crippen molar-refractivity contribution in [3.05, 3.63) is 64.2 Å². The molecule has 0 aliphatic carbocycles. The van der Waals surface area contributed by atoms with Crippen LogP contribution in [0.25, 0.3) is 0 Å². The van der Waals surface area contributed by atoms with Crippen molar-refractivity contribution in [2.75, 3.05) is 38.2 Å². The monoisotopic (exact) mass is 341 g/mol. The van der Waals surface area contributed by atoms with Crippen LogP contribution in [0.3, 0.4) is 0 Å². The van der Waals surface area contributed by atoms with Crippen molar-refractivity contribution in [2.24, 2.45) is 0 Å². The molecule has 0 N–H and O–H groups in total. The number of methoxy groups -OCH3 is 1. The van der Waals surface area contributed by atoms with E-state index in [-0.39, 0.29) is 16.5 Å². The summed E-state index contributed by atoms with van der Waals surface area (Å²) in [7, 11) is 1.58. The van der Waals surface area contributed by atoms with Gasteiger partial charge in [0.25, 0.3) is 11.6 Å². The molecule has 1 amide bonds. The summed E-state index contributed by atoms with van der Waals surface area (Å²) in [6.45, 7) is 2.17. The zero-order valence-corrected chi connectivity index (χ0v) is 13.9. The van der Waals surface area contributed by atoms with Gasteiger partial charge in [-0.3, -0.25) is 14.9 Å². The lowest BCUT2D eigenvalue weighted by atomic mass is 10.1. The molecule has 0 saturated carbocycles. The molecule has 0 bridgehead atoms. The second kappa shape index (κ2) is 7.21. The van der Waals surface area contributed by atoms with Crippen molar-refractivity contribution < 1.29 is 14.5 Å². The van der Waals surface area contributed by atoms with E-state index in [1.807, 2.05) is 4.90 Å². The van der Waals surface area contributed by atoms with E-state index in [0.717, 1.165) is 0 Å². The summed E-state index contributed by atoms with van der Waals surface area (Å²) in [5, 5.41) is 11.2. The van der Waals surface area contributed by atoms with Crippen LogP contribution in [0.1, 0.15) is 10.4 Å². The van der Waals surface area contributed by atoms with Gasteiger partial charge in [-0.1, -0.05) is 12.1 Å². The lowest BCUT2D eigenvalue weighted by molar-refractivity contribution is -0.384. The topological polar surface area (TPSA) is 75.9 Å². The molecular formula is C18H19N3O4. The molecule has 0 unspecified atom stereocenters. The lowest BCUT2D eigenvalue weighted by Crippen LogP contribution is -2.48. The van der Waals surface area contributed by atoms with Crippen LogP contribution in [0, 0.1) is 10.1 Å². The maximum absolute atomic E-state index is 12.6. The highest BCUT2D eigenvalue weighted by atomic mass is 16.6. The van der Waals surface area contributed by atoms with Gasteiger partial charge in [-0.25, -0.2) is 0 Å². The Morgan fingerprint density at radius 1 is 1.04 bits per heavy atom. The highest BCUT2D eigenvalue weighted by Gasteiger charge is 2.25. The molecule has 1 saturated heterocycles. The average molecular weight is 341 g/mol. The van der Waals surface area contributed by atoms with Crippen molar-refractivity contribution in [1.82, 2.24) is 4.90 Å². The van der Waals surface area contributed by atoms with Crippen LogP contribution in [0.15, 0.2) is 48.5 Å². The highest BCUT2D eigenvalue weighted by molar-refractivity contribution is 5.94. The minimum atomic E-state index is -0.371. The standard InChI is InChI=1S/C18H19N3O4/c1-25-15-8-6-14(7-9-15)18(22)20-12-10-19(11-13-20)16-4-2-3-5-17(16)21(23)24/h2-9H,10-13H2,1H3. The Morgan fingerprint density at radius 2 is 1.68 bits per heavy atom. The predicted molar refractivity (Wildman–Crippen MR) is 94.2 cm³/mol. The molecule has 0 spiro atoms. The van der Waals surface area contributed by atoms with E-state index in [4.69, 9.17) is 4.74 Å². The zero-order chi connectivity index (χ0) is 17.8. The predicted octanol–water partition coefficient (Wildman–Crippen LogP) is 2.57. The molecule has 1 aliphatic heterocycles. The van der Waals surface area contributed by atoms with Gasteiger partial charge in [-0.2, -0.15) is 0 Å². The van der Waals surface area contributed by atoms with Crippen LogP contribution in [0.5, 0.6) is 5.75 Å². The van der Waals surface area contributed by atoms with E-state index >= 15 is 0 Å². The minimum Gasteiger partial charge on any atom is -0.497 e. The highest BCUT2D eigenvalue weighted by Crippen LogP contribution is 2.28. The van der Waals surface area contributed by atoms with Crippen molar-refractivity contribution in [3.63, 3.8) is 0 Å². The first kappa shape index (κ1) is 16.8. The Labute approximate surface area is 145 Å². The summed E-state index contributed by atoms with van der Waals surface area (Å²) < 4.78 is 5.10. The number of benzene rings is 2. The van der Waals surface area contributed by atoms with Crippen LogP contribution in [0.4, 0.5) is 11.4 Å². The van der Waals surface area contributed by atoms with Crippen LogP contribution in [0.2, 0.25) is 0 Å². The maximum Gasteiger partial charge on any atom is 0.292 e. The van der Waals surface area contributed by atoms with E-state index in [9.17, 15) is 14.9 Å². The number of nitro groups is 1. The molecule has 3 rings (SSSR count). The molecule has 2 aromatic carbocycles. The van der Waals surface area contributed by atoms with Gasteiger partial charge < -0.3 is 14.5 Å². The number of amides is 1. The Balaban J connectivity index is 1.67. The molecule has 0 atom stereocenters.